The van der Waals surface area contributed by atoms with Crippen LogP contribution in [0, 0.1) is 10.5 Å². The monoisotopic (exact) mass is 421 g/mol. The fraction of sp³-hybridized carbons (Fsp3) is 0.0588. The van der Waals surface area contributed by atoms with Gasteiger partial charge in [0.25, 0.3) is 0 Å². The molecule has 1 heterocycles. The molecule has 5 heteroatoms. The molecule has 0 radical (unpaired) electrons. The Morgan fingerprint density at radius 3 is 2.45 bits per heavy atom. The predicted octanol–water partition coefficient (Wildman–Crippen LogP) is 4.94. The molecular weight excluding hydrogens is 409 g/mol. The second kappa shape index (κ2) is 6.58. The summed E-state index contributed by atoms with van der Waals surface area (Å²) >= 11 is 3.70. The lowest BCUT2D eigenvalue weighted by atomic mass is 10.1. The van der Waals surface area contributed by atoms with Crippen molar-refractivity contribution in [3.8, 4) is 16.2 Å². The van der Waals surface area contributed by atoms with Crippen LogP contribution >= 0.6 is 33.9 Å². The van der Waals surface area contributed by atoms with E-state index in [4.69, 9.17) is 4.74 Å². The van der Waals surface area contributed by atoms with Crippen molar-refractivity contribution >= 4 is 39.9 Å². The molecule has 0 aliphatic heterocycles. The summed E-state index contributed by atoms with van der Waals surface area (Å²) in [5.41, 5.74) is 1.34. The summed E-state index contributed by atoms with van der Waals surface area (Å²) in [6, 6.07) is 17.1. The number of thiazole rings is 1. The molecule has 0 saturated carbocycles. The van der Waals surface area contributed by atoms with Gasteiger partial charge < -0.3 is 4.74 Å². The Morgan fingerprint density at radius 2 is 1.77 bits per heavy atom. The molecule has 3 aromatic rings. The van der Waals surface area contributed by atoms with E-state index in [2.05, 4.69) is 27.6 Å². The SMILES string of the molecule is Cc1nc(C(=O)Oc2ccc(I)cc2)c(-c2ccccc2)s1. The summed E-state index contributed by atoms with van der Waals surface area (Å²) in [5, 5.41) is 0.841. The molecule has 22 heavy (non-hydrogen) atoms. The molecule has 0 spiro atoms. The number of aromatic nitrogens is 1. The number of hydrogen-bond donors (Lipinski definition) is 0. The topological polar surface area (TPSA) is 39.2 Å². The van der Waals surface area contributed by atoms with Gasteiger partial charge in [-0.1, -0.05) is 30.3 Å². The van der Waals surface area contributed by atoms with E-state index in [1.165, 1.54) is 11.3 Å². The van der Waals surface area contributed by atoms with E-state index in [1.54, 1.807) is 12.1 Å². The zero-order valence-corrected chi connectivity index (χ0v) is 14.7. The van der Waals surface area contributed by atoms with Gasteiger partial charge in [-0.05, 0) is 59.3 Å². The number of benzene rings is 2. The van der Waals surface area contributed by atoms with E-state index < -0.39 is 5.97 Å². The Balaban J connectivity index is 1.91. The third-order valence-electron chi connectivity index (χ3n) is 2.99. The summed E-state index contributed by atoms with van der Waals surface area (Å²) in [5.74, 6) is 0.0968. The minimum atomic E-state index is -0.426. The molecule has 0 saturated heterocycles. The average molecular weight is 421 g/mol. The first-order chi connectivity index (χ1) is 10.6. The lowest BCUT2D eigenvalue weighted by molar-refractivity contribution is 0.0730. The van der Waals surface area contributed by atoms with Crippen molar-refractivity contribution in [1.29, 1.82) is 0 Å². The maximum atomic E-state index is 12.4. The first-order valence-corrected chi connectivity index (χ1v) is 8.53. The zero-order chi connectivity index (χ0) is 15.5. The van der Waals surface area contributed by atoms with Crippen LogP contribution < -0.4 is 4.74 Å². The summed E-state index contributed by atoms with van der Waals surface area (Å²) in [7, 11) is 0. The van der Waals surface area contributed by atoms with Crippen LogP contribution in [-0.2, 0) is 0 Å². The third kappa shape index (κ3) is 3.36. The minimum absolute atomic E-state index is 0.368. The second-order valence-electron chi connectivity index (χ2n) is 4.62. The van der Waals surface area contributed by atoms with Crippen LogP contribution in [0.4, 0.5) is 0 Å². The van der Waals surface area contributed by atoms with Crippen LogP contribution in [0.15, 0.2) is 54.6 Å². The highest BCUT2D eigenvalue weighted by Crippen LogP contribution is 2.30. The van der Waals surface area contributed by atoms with Crippen LogP contribution in [0.25, 0.3) is 10.4 Å². The number of esters is 1. The molecule has 0 N–H and O–H groups in total. The van der Waals surface area contributed by atoms with E-state index in [0.717, 1.165) is 19.0 Å². The Hall–Kier alpha value is -1.73. The number of hydrogen-bond acceptors (Lipinski definition) is 4. The van der Waals surface area contributed by atoms with Crippen LogP contribution in [0.5, 0.6) is 5.75 Å². The number of aryl methyl sites for hydroxylation is 1. The molecule has 0 bridgehead atoms. The number of rotatable bonds is 3. The highest BCUT2D eigenvalue weighted by atomic mass is 127. The maximum Gasteiger partial charge on any atom is 0.363 e. The van der Waals surface area contributed by atoms with Crippen LogP contribution in [0.3, 0.4) is 0 Å². The van der Waals surface area contributed by atoms with Crippen LogP contribution in [0.2, 0.25) is 0 Å². The Bertz CT molecular complexity index is 797. The fourth-order valence-electron chi connectivity index (χ4n) is 2.01. The van der Waals surface area contributed by atoms with Crippen molar-refractivity contribution in [3.05, 3.63) is 68.9 Å². The molecule has 0 amide bonds. The fourth-order valence-corrected chi connectivity index (χ4v) is 3.28. The van der Waals surface area contributed by atoms with Gasteiger partial charge in [0.2, 0.25) is 0 Å². The number of halogens is 1. The van der Waals surface area contributed by atoms with Gasteiger partial charge in [0, 0.05) is 3.57 Å². The largest absolute Gasteiger partial charge is 0.422 e. The van der Waals surface area contributed by atoms with Gasteiger partial charge in [-0.3, -0.25) is 0 Å². The van der Waals surface area contributed by atoms with E-state index in [-0.39, 0.29) is 0 Å². The molecule has 2 aromatic carbocycles. The van der Waals surface area contributed by atoms with Crippen molar-refractivity contribution in [1.82, 2.24) is 4.98 Å². The molecular formula is C17H12INO2S. The number of nitrogens with zero attached hydrogens (tertiary/aromatic N) is 1. The average Bonchev–Trinajstić information content (AvgIpc) is 2.92. The number of ether oxygens (including phenoxy) is 1. The summed E-state index contributed by atoms with van der Waals surface area (Å²) in [4.78, 5) is 17.6. The molecule has 3 rings (SSSR count). The minimum Gasteiger partial charge on any atom is -0.422 e. The van der Waals surface area contributed by atoms with E-state index in [0.29, 0.717) is 11.4 Å². The van der Waals surface area contributed by atoms with E-state index in [1.807, 2.05) is 49.4 Å². The van der Waals surface area contributed by atoms with Gasteiger partial charge >= 0.3 is 5.97 Å². The van der Waals surface area contributed by atoms with Gasteiger partial charge in [-0.2, -0.15) is 0 Å². The molecule has 0 aliphatic carbocycles. The Labute approximate surface area is 146 Å². The quantitative estimate of drug-likeness (QED) is 0.342. The molecule has 0 fully saturated rings. The maximum absolute atomic E-state index is 12.4. The standard InChI is InChI=1S/C17H12INO2S/c1-11-19-15(16(22-11)12-5-3-2-4-6-12)17(20)21-14-9-7-13(18)8-10-14/h2-10H,1H3. The van der Waals surface area contributed by atoms with Crippen molar-refractivity contribution in [2.75, 3.05) is 0 Å². The normalized spacial score (nSPS) is 10.5. The molecule has 3 nitrogen and oxygen atoms in total. The Kier molecular flexibility index (Phi) is 4.54. The van der Waals surface area contributed by atoms with Crippen molar-refractivity contribution in [2.45, 2.75) is 6.92 Å². The lowest BCUT2D eigenvalue weighted by Crippen LogP contribution is -2.10. The summed E-state index contributed by atoms with van der Waals surface area (Å²) < 4.78 is 6.52. The molecule has 0 unspecified atom stereocenters. The van der Waals surface area contributed by atoms with Gasteiger partial charge in [0.15, 0.2) is 5.69 Å². The highest BCUT2D eigenvalue weighted by Gasteiger charge is 2.20. The summed E-state index contributed by atoms with van der Waals surface area (Å²) in [6.07, 6.45) is 0. The smallest absolute Gasteiger partial charge is 0.363 e. The zero-order valence-electron chi connectivity index (χ0n) is 11.7. The summed E-state index contributed by atoms with van der Waals surface area (Å²) in [6.45, 7) is 1.89. The Morgan fingerprint density at radius 1 is 1.09 bits per heavy atom. The molecule has 0 aliphatic rings. The highest BCUT2D eigenvalue weighted by molar-refractivity contribution is 14.1. The van der Waals surface area contributed by atoms with Gasteiger partial charge in [-0.25, -0.2) is 9.78 Å². The van der Waals surface area contributed by atoms with Gasteiger partial charge in [0.05, 0.1) is 9.88 Å². The first kappa shape index (κ1) is 15.2. The third-order valence-corrected chi connectivity index (χ3v) is 4.73. The first-order valence-electron chi connectivity index (χ1n) is 6.64. The number of carbonyl (C=O) groups is 1. The molecule has 1 aromatic heterocycles. The van der Waals surface area contributed by atoms with Crippen molar-refractivity contribution in [2.24, 2.45) is 0 Å². The lowest BCUT2D eigenvalue weighted by Gasteiger charge is -2.04. The van der Waals surface area contributed by atoms with E-state index in [9.17, 15) is 4.79 Å². The van der Waals surface area contributed by atoms with E-state index >= 15 is 0 Å². The molecule has 110 valence electrons. The number of carbonyl (C=O) groups excluding carboxylic acids is 1. The van der Waals surface area contributed by atoms with Gasteiger partial charge in [-0.15, -0.1) is 11.3 Å². The predicted molar refractivity (Wildman–Crippen MR) is 96.4 cm³/mol. The van der Waals surface area contributed by atoms with Crippen molar-refractivity contribution in [3.63, 3.8) is 0 Å². The molecule has 0 atom stereocenters. The van der Waals surface area contributed by atoms with Crippen LogP contribution in [-0.4, -0.2) is 11.0 Å². The second-order valence-corrected chi connectivity index (χ2v) is 7.07. The van der Waals surface area contributed by atoms with Crippen molar-refractivity contribution < 1.29 is 9.53 Å². The van der Waals surface area contributed by atoms with Gasteiger partial charge in [0.1, 0.15) is 5.75 Å². The van der Waals surface area contributed by atoms with Crippen LogP contribution in [0.1, 0.15) is 15.5 Å².